The van der Waals surface area contributed by atoms with Gasteiger partial charge in [0.25, 0.3) is 0 Å². The fourth-order valence-electron chi connectivity index (χ4n) is 5.20. The summed E-state index contributed by atoms with van der Waals surface area (Å²) >= 11 is 0. The van der Waals surface area contributed by atoms with E-state index in [0.717, 1.165) is 32.5 Å². The number of hydrogen-bond acceptors (Lipinski definition) is 2. The van der Waals surface area contributed by atoms with Crippen LogP contribution < -0.4 is 10.6 Å². The lowest BCUT2D eigenvalue weighted by Gasteiger charge is -2.25. The molecule has 1 saturated heterocycles. The number of nitrogens with one attached hydrogen (secondary N) is 2. The molecule has 2 heterocycles. The van der Waals surface area contributed by atoms with Crippen molar-refractivity contribution in [3.05, 3.63) is 107 Å². The SMILES string of the molecule is Cc1cccc(C(CC(=O)NC2CCNCC2)c2cn(Cc3ccccc3)c3ccccc23)c1. The number of piperidine rings is 1. The van der Waals surface area contributed by atoms with Crippen molar-refractivity contribution in [1.82, 2.24) is 15.2 Å². The number of para-hydroxylation sites is 1. The molecule has 4 nitrogen and oxygen atoms in total. The standard InChI is InChI=1S/C30H33N3O/c1-22-8-7-11-24(18-22)27(19-30(34)32-25-14-16-31-17-15-25)28-21-33(20-23-9-3-2-4-10-23)29-13-6-5-12-26(28)29/h2-13,18,21,25,27,31H,14-17,19-20H2,1H3,(H,32,34). The van der Waals surface area contributed by atoms with Crippen molar-refractivity contribution in [3.8, 4) is 0 Å². The van der Waals surface area contributed by atoms with E-state index in [-0.39, 0.29) is 17.9 Å². The van der Waals surface area contributed by atoms with Crippen LogP contribution in [0.1, 0.15) is 47.4 Å². The Kier molecular flexibility index (Phi) is 6.77. The Morgan fingerprint density at radius 3 is 2.56 bits per heavy atom. The van der Waals surface area contributed by atoms with E-state index in [1.165, 1.54) is 33.2 Å². The topological polar surface area (TPSA) is 46.1 Å². The Bertz CT molecular complexity index is 1250. The highest BCUT2D eigenvalue weighted by molar-refractivity contribution is 5.87. The van der Waals surface area contributed by atoms with Crippen molar-refractivity contribution >= 4 is 16.8 Å². The Morgan fingerprint density at radius 1 is 1.00 bits per heavy atom. The fraction of sp³-hybridized carbons (Fsp3) is 0.300. The van der Waals surface area contributed by atoms with Crippen molar-refractivity contribution < 1.29 is 4.79 Å². The highest BCUT2D eigenvalue weighted by Gasteiger charge is 2.24. The average molecular weight is 452 g/mol. The first-order valence-corrected chi connectivity index (χ1v) is 12.4. The van der Waals surface area contributed by atoms with Crippen LogP contribution in [0.15, 0.2) is 85.1 Å². The van der Waals surface area contributed by atoms with Crippen LogP contribution in [0.4, 0.5) is 0 Å². The van der Waals surface area contributed by atoms with Gasteiger partial charge in [-0.25, -0.2) is 0 Å². The number of carbonyl (C=O) groups is 1. The summed E-state index contributed by atoms with van der Waals surface area (Å²) in [6.07, 6.45) is 4.71. The van der Waals surface area contributed by atoms with Crippen molar-refractivity contribution in [2.75, 3.05) is 13.1 Å². The highest BCUT2D eigenvalue weighted by Crippen LogP contribution is 2.35. The molecule has 1 atom stereocenters. The van der Waals surface area contributed by atoms with Crippen LogP contribution in [0.2, 0.25) is 0 Å². The van der Waals surface area contributed by atoms with Gasteiger partial charge in [-0.1, -0.05) is 78.4 Å². The smallest absolute Gasteiger partial charge is 0.221 e. The number of hydrogen-bond donors (Lipinski definition) is 2. The second-order valence-corrected chi connectivity index (χ2v) is 9.48. The van der Waals surface area contributed by atoms with Gasteiger partial charge in [0, 0.05) is 42.0 Å². The highest BCUT2D eigenvalue weighted by atomic mass is 16.1. The molecular weight excluding hydrogens is 418 g/mol. The number of aryl methyl sites for hydroxylation is 1. The Morgan fingerprint density at radius 2 is 1.76 bits per heavy atom. The molecule has 1 aromatic heterocycles. The molecule has 1 aliphatic heterocycles. The van der Waals surface area contributed by atoms with Gasteiger partial charge in [0.2, 0.25) is 5.91 Å². The number of nitrogens with zero attached hydrogens (tertiary/aromatic N) is 1. The van der Waals surface area contributed by atoms with Gasteiger partial charge in [-0.2, -0.15) is 0 Å². The predicted molar refractivity (Wildman–Crippen MR) is 139 cm³/mol. The first kappa shape index (κ1) is 22.4. The van der Waals surface area contributed by atoms with E-state index in [1.54, 1.807) is 0 Å². The maximum atomic E-state index is 13.2. The molecule has 174 valence electrons. The second kappa shape index (κ2) is 10.3. The Balaban J connectivity index is 1.51. The lowest BCUT2D eigenvalue weighted by Crippen LogP contribution is -2.43. The van der Waals surface area contributed by atoms with Gasteiger partial charge in [0.15, 0.2) is 0 Å². The van der Waals surface area contributed by atoms with Gasteiger partial charge in [-0.05, 0) is 55.6 Å². The molecule has 0 spiro atoms. The van der Waals surface area contributed by atoms with Crippen LogP contribution in [0.5, 0.6) is 0 Å². The monoisotopic (exact) mass is 451 g/mol. The first-order chi connectivity index (χ1) is 16.7. The van der Waals surface area contributed by atoms with Crippen LogP contribution in [0.25, 0.3) is 10.9 Å². The maximum absolute atomic E-state index is 13.2. The van der Waals surface area contributed by atoms with Crippen LogP contribution >= 0.6 is 0 Å². The van der Waals surface area contributed by atoms with Crippen LogP contribution in [-0.2, 0) is 11.3 Å². The van der Waals surface area contributed by atoms with Gasteiger partial charge in [-0.3, -0.25) is 4.79 Å². The molecule has 4 aromatic rings. The molecule has 1 aliphatic rings. The molecule has 0 bridgehead atoms. The number of benzene rings is 3. The lowest BCUT2D eigenvalue weighted by molar-refractivity contribution is -0.122. The Hall–Kier alpha value is -3.37. The van der Waals surface area contributed by atoms with Crippen LogP contribution in [-0.4, -0.2) is 29.6 Å². The van der Waals surface area contributed by atoms with Crippen LogP contribution in [0.3, 0.4) is 0 Å². The van der Waals surface area contributed by atoms with Crippen molar-refractivity contribution in [1.29, 1.82) is 0 Å². The number of amides is 1. The molecule has 0 saturated carbocycles. The van der Waals surface area contributed by atoms with E-state index in [9.17, 15) is 4.79 Å². The third-order valence-electron chi connectivity index (χ3n) is 6.93. The van der Waals surface area contributed by atoms with Crippen molar-refractivity contribution in [2.45, 2.75) is 44.7 Å². The van der Waals surface area contributed by atoms with Crippen molar-refractivity contribution in [2.24, 2.45) is 0 Å². The summed E-state index contributed by atoms with van der Waals surface area (Å²) in [6, 6.07) is 28.0. The van der Waals surface area contributed by atoms with E-state index in [4.69, 9.17) is 0 Å². The van der Waals surface area contributed by atoms with Gasteiger partial charge in [0.05, 0.1) is 0 Å². The normalized spacial score (nSPS) is 15.3. The number of carbonyl (C=O) groups excluding carboxylic acids is 1. The summed E-state index contributed by atoms with van der Waals surface area (Å²) in [5.41, 5.74) is 6.11. The molecule has 0 radical (unpaired) electrons. The second-order valence-electron chi connectivity index (χ2n) is 9.48. The van der Waals surface area contributed by atoms with Crippen LogP contribution in [0, 0.1) is 6.92 Å². The lowest BCUT2D eigenvalue weighted by atomic mass is 9.87. The zero-order chi connectivity index (χ0) is 23.3. The first-order valence-electron chi connectivity index (χ1n) is 12.4. The third-order valence-corrected chi connectivity index (χ3v) is 6.93. The molecule has 3 aromatic carbocycles. The molecule has 0 aliphatic carbocycles. The Labute approximate surface area is 202 Å². The zero-order valence-electron chi connectivity index (χ0n) is 19.8. The average Bonchev–Trinajstić information content (AvgIpc) is 3.22. The van der Waals surface area contributed by atoms with Gasteiger partial charge >= 0.3 is 0 Å². The fourth-order valence-corrected chi connectivity index (χ4v) is 5.20. The quantitative estimate of drug-likeness (QED) is 0.396. The van der Waals surface area contributed by atoms with Gasteiger partial charge in [-0.15, -0.1) is 0 Å². The molecule has 1 unspecified atom stereocenters. The summed E-state index contributed by atoms with van der Waals surface area (Å²) in [5, 5.41) is 7.91. The molecule has 1 amide bonds. The summed E-state index contributed by atoms with van der Waals surface area (Å²) in [5.74, 6) is 0.141. The third kappa shape index (κ3) is 5.07. The number of fused-ring (bicyclic) bond motifs is 1. The summed E-state index contributed by atoms with van der Waals surface area (Å²) in [7, 11) is 0. The van der Waals surface area contributed by atoms with E-state index >= 15 is 0 Å². The number of rotatable bonds is 7. The number of aromatic nitrogens is 1. The van der Waals surface area contributed by atoms with E-state index in [1.807, 2.05) is 0 Å². The van der Waals surface area contributed by atoms with E-state index in [2.05, 4.69) is 107 Å². The van der Waals surface area contributed by atoms with Gasteiger partial charge < -0.3 is 15.2 Å². The minimum atomic E-state index is 0.00328. The minimum absolute atomic E-state index is 0.00328. The molecule has 4 heteroatoms. The predicted octanol–water partition coefficient (Wildman–Crippen LogP) is 5.39. The molecule has 5 rings (SSSR count). The summed E-state index contributed by atoms with van der Waals surface area (Å²) < 4.78 is 2.33. The summed E-state index contributed by atoms with van der Waals surface area (Å²) in [6.45, 7) is 4.87. The molecule has 34 heavy (non-hydrogen) atoms. The maximum Gasteiger partial charge on any atom is 0.221 e. The summed E-state index contributed by atoms with van der Waals surface area (Å²) in [4.78, 5) is 13.2. The van der Waals surface area contributed by atoms with Crippen molar-refractivity contribution in [3.63, 3.8) is 0 Å². The largest absolute Gasteiger partial charge is 0.353 e. The molecule has 2 N–H and O–H groups in total. The van der Waals surface area contributed by atoms with E-state index < -0.39 is 0 Å². The van der Waals surface area contributed by atoms with E-state index in [0.29, 0.717) is 6.42 Å². The van der Waals surface area contributed by atoms with Gasteiger partial charge in [0.1, 0.15) is 0 Å². The minimum Gasteiger partial charge on any atom is -0.353 e. The zero-order valence-corrected chi connectivity index (χ0v) is 19.8. The molecular formula is C30H33N3O. The molecule has 1 fully saturated rings.